The van der Waals surface area contributed by atoms with Crippen molar-refractivity contribution in [2.24, 2.45) is 0 Å². The van der Waals surface area contributed by atoms with Gasteiger partial charge in [-0.2, -0.15) is 0 Å². The van der Waals surface area contributed by atoms with E-state index in [1.165, 1.54) is 20.0 Å². The van der Waals surface area contributed by atoms with E-state index >= 15 is 0 Å². The van der Waals surface area contributed by atoms with Gasteiger partial charge >= 0.3 is 5.97 Å². The zero-order valence-electron chi connectivity index (χ0n) is 12.6. The molecule has 0 amide bonds. The van der Waals surface area contributed by atoms with Crippen molar-refractivity contribution in [3.05, 3.63) is 29.8 Å². The average molecular weight is 279 g/mol. The van der Waals surface area contributed by atoms with Gasteiger partial charge in [-0.05, 0) is 31.0 Å². The molecule has 1 N–H and O–H groups in total. The largest absolute Gasteiger partial charge is 0.494 e. The number of methoxy groups -OCH3 is 1. The van der Waals surface area contributed by atoms with Crippen LogP contribution in [0.15, 0.2) is 24.3 Å². The zero-order valence-corrected chi connectivity index (χ0v) is 12.6. The summed E-state index contributed by atoms with van der Waals surface area (Å²) in [4.78, 5) is 11.3. The quantitative estimate of drug-likeness (QED) is 0.558. The normalized spacial score (nSPS) is 11.9. The third-order valence-corrected chi connectivity index (χ3v) is 3.11. The standard InChI is InChI=1S/C16H25NO3/c1-4-5-6-11-20-15-9-7-14(8-10-15)12-17-13(2)16(18)19-3/h7-10,13,17H,4-6,11-12H2,1-3H3. The fourth-order valence-electron chi connectivity index (χ4n) is 1.78. The number of esters is 1. The van der Waals surface area contributed by atoms with Crippen LogP contribution in [0.4, 0.5) is 0 Å². The predicted molar refractivity (Wildman–Crippen MR) is 79.8 cm³/mol. The molecule has 4 nitrogen and oxygen atoms in total. The van der Waals surface area contributed by atoms with Crippen molar-refractivity contribution in [2.45, 2.75) is 45.7 Å². The maximum absolute atomic E-state index is 11.3. The van der Waals surface area contributed by atoms with Crippen molar-refractivity contribution < 1.29 is 14.3 Å². The van der Waals surface area contributed by atoms with Crippen LogP contribution in [-0.2, 0) is 16.1 Å². The molecule has 0 heterocycles. The molecule has 0 saturated carbocycles. The molecule has 20 heavy (non-hydrogen) atoms. The van der Waals surface area contributed by atoms with Crippen LogP contribution in [0.3, 0.4) is 0 Å². The minimum Gasteiger partial charge on any atom is -0.494 e. The molecule has 1 aromatic carbocycles. The maximum atomic E-state index is 11.3. The molecule has 0 saturated heterocycles. The Morgan fingerprint density at radius 3 is 2.55 bits per heavy atom. The Morgan fingerprint density at radius 2 is 1.95 bits per heavy atom. The van der Waals surface area contributed by atoms with Crippen molar-refractivity contribution in [2.75, 3.05) is 13.7 Å². The Hall–Kier alpha value is -1.55. The summed E-state index contributed by atoms with van der Waals surface area (Å²) in [5, 5.41) is 3.11. The van der Waals surface area contributed by atoms with Crippen molar-refractivity contribution in [3.8, 4) is 5.75 Å². The van der Waals surface area contributed by atoms with E-state index in [2.05, 4.69) is 17.0 Å². The van der Waals surface area contributed by atoms with Crippen LogP contribution in [0.5, 0.6) is 5.75 Å². The van der Waals surface area contributed by atoms with Gasteiger partial charge in [0.15, 0.2) is 0 Å². The number of hydrogen-bond acceptors (Lipinski definition) is 4. The van der Waals surface area contributed by atoms with Crippen molar-refractivity contribution in [1.82, 2.24) is 5.32 Å². The molecule has 1 rings (SSSR count). The Kier molecular flexibility index (Phi) is 7.73. The number of carbonyl (C=O) groups is 1. The number of hydrogen-bond donors (Lipinski definition) is 1. The highest BCUT2D eigenvalue weighted by atomic mass is 16.5. The summed E-state index contributed by atoms with van der Waals surface area (Å²) in [5.74, 6) is 0.645. The summed E-state index contributed by atoms with van der Waals surface area (Å²) >= 11 is 0. The van der Waals surface area contributed by atoms with Gasteiger partial charge in [-0.15, -0.1) is 0 Å². The number of benzene rings is 1. The third kappa shape index (κ3) is 6.06. The van der Waals surface area contributed by atoms with Gasteiger partial charge in [0.1, 0.15) is 11.8 Å². The Bertz CT molecular complexity index is 389. The molecule has 112 valence electrons. The van der Waals surface area contributed by atoms with Gasteiger partial charge in [0, 0.05) is 6.54 Å². The van der Waals surface area contributed by atoms with Crippen LogP contribution in [0.1, 0.15) is 38.7 Å². The van der Waals surface area contributed by atoms with Crippen molar-refractivity contribution in [3.63, 3.8) is 0 Å². The first-order valence-corrected chi connectivity index (χ1v) is 7.20. The Balaban J connectivity index is 2.33. The van der Waals surface area contributed by atoms with E-state index in [0.717, 1.165) is 24.3 Å². The lowest BCUT2D eigenvalue weighted by atomic mass is 10.2. The Morgan fingerprint density at radius 1 is 1.25 bits per heavy atom. The van der Waals surface area contributed by atoms with Gasteiger partial charge in [0.2, 0.25) is 0 Å². The second kappa shape index (κ2) is 9.37. The fraction of sp³-hybridized carbons (Fsp3) is 0.562. The molecule has 0 spiro atoms. The number of rotatable bonds is 9. The van der Waals surface area contributed by atoms with Crippen LogP contribution >= 0.6 is 0 Å². The molecule has 1 atom stereocenters. The lowest BCUT2D eigenvalue weighted by Crippen LogP contribution is -2.34. The summed E-state index contributed by atoms with van der Waals surface area (Å²) in [5.41, 5.74) is 1.11. The minimum absolute atomic E-state index is 0.249. The molecule has 0 aliphatic rings. The first-order valence-electron chi connectivity index (χ1n) is 7.20. The van der Waals surface area contributed by atoms with E-state index in [9.17, 15) is 4.79 Å². The lowest BCUT2D eigenvalue weighted by Gasteiger charge is -2.12. The van der Waals surface area contributed by atoms with Crippen LogP contribution in [-0.4, -0.2) is 25.7 Å². The highest BCUT2D eigenvalue weighted by Gasteiger charge is 2.11. The molecule has 0 fully saturated rings. The number of nitrogens with one attached hydrogen (secondary N) is 1. The number of unbranched alkanes of at least 4 members (excludes halogenated alkanes) is 2. The van der Waals surface area contributed by atoms with E-state index in [4.69, 9.17) is 4.74 Å². The van der Waals surface area contributed by atoms with E-state index in [1.54, 1.807) is 6.92 Å². The second-order valence-electron chi connectivity index (χ2n) is 4.83. The molecule has 0 bridgehead atoms. The van der Waals surface area contributed by atoms with Gasteiger partial charge in [0.25, 0.3) is 0 Å². The predicted octanol–water partition coefficient (Wildman–Crippen LogP) is 2.91. The minimum atomic E-state index is -0.301. The molecular formula is C16H25NO3. The first-order chi connectivity index (χ1) is 9.67. The number of ether oxygens (including phenoxy) is 2. The van der Waals surface area contributed by atoms with Gasteiger partial charge in [-0.25, -0.2) is 0 Å². The maximum Gasteiger partial charge on any atom is 0.322 e. The molecule has 0 aromatic heterocycles. The SMILES string of the molecule is CCCCCOc1ccc(CNC(C)C(=O)OC)cc1. The van der Waals surface area contributed by atoms with Gasteiger partial charge in [0.05, 0.1) is 13.7 Å². The van der Waals surface area contributed by atoms with Gasteiger partial charge in [-0.1, -0.05) is 31.9 Å². The van der Waals surface area contributed by atoms with Crippen LogP contribution in [0.25, 0.3) is 0 Å². The van der Waals surface area contributed by atoms with E-state index in [1.807, 2.05) is 24.3 Å². The summed E-state index contributed by atoms with van der Waals surface area (Å²) < 4.78 is 10.3. The highest BCUT2D eigenvalue weighted by Crippen LogP contribution is 2.13. The fourth-order valence-corrected chi connectivity index (χ4v) is 1.78. The molecule has 0 aliphatic heterocycles. The van der Waals surface area contributed by atoms with Gasteiger partial charge < -0.3 is 14.8 Å². The lowest BCUT2D eigenvalue weighted by molar-refractivity contribution is -0.142. The summed E-state index contributed by atoms with van der Waals surface area (Å²) in [6, 6.07) is 7.64. The highest BCUT2D eigenvalue weighted by molar-refractivity contribution is 5.75. The molecule has 4 heteroatoms. The Labute approximate surface area is 121 Å². The van der Waals surface area contributed by atoms with E-state index < -0.39 is 0 Å². The molecule has 1 aromatic rings. The third-order valence-electron chi connectivity index (χ3n) is 3.11. The van der Waals surface area contributed by atoms with Crippen LogP contribution in [0, 0.1) is 0 Å². The van der Waals surface area contributed by atoms with E-state index in [-0.39, 0.29) is 12.0 Å². The summed E-state index contributed by atoms with van der Waals surface area (Å²) in [6.45, 7) is 5.37. The van der Waals surface area contributed by atoms with E-state index in [0.29, 0.717) is 6.54 Å². The monoisotopic (exact) mass is 279 g/mol. The average Bonchev–Trinajstić information content (AvgIpc) is 2.49. The molecular weight excluding hydrogens is 254 g/mol. The molecule has 0 aliphatic carbocycles. The first kappa shape index (κ1) is 16.5. The second-order valence-corrected chi connectivity index (χ2v) is 4.83. The number of carbonyl (C=O) groups excluding carboxylic acids is 1. The van der Waals surface area contributed by atoms with Crippen LogP contribution in [0.2, 0.25) is 0 Å². The molecule has 1 unspecified atom stereocenters. The molecule has 0 radical (unpaired) electrons. The summed E-state index contributed by atoms with van der Waals surface area (Å²) in [7, 11) is 1.39. The van der Waals surface area contributed by atoms with Crippen molar-refractivity contribution >= 4 is 5.97 Å². The van der Waals surface area contributed by atoms with Crippen LogP contribution < -0.4 is 10.1 Å². The summed E-state index contributed by atoms with van der Waals surface area (Å²) in [6.07, 6.45) is 3.50. The van der Waals surface area contributed by atoms with Crippen molar-refractivity contribution in [1.29, 1.82) is 0 Å². The van der Waals surface area contributed by atoms with Gasteiger partial charge in [-0.3, -0.25) is 4.79 Å². The smallest absolute Gasteiger partial charge is 0.322 e. The topological polar surface area (TPSA) is 47.6 Å². The zero-order chi connectivity index (χ0) is 14.8.